The molecule has 0 radical (unpaired) electrons. The van der Waals surface area contributed by atoms with Crippen LogP contribution in [0.2, 0.25) is 0 Å². The Balaban J connectivity index is 1.26. The number of nitrogens with one attached hydrogen (secondary N) is 1. The minimum Gasteiger partial charge on any atom is -0.489 e. The van der Waals surface area contributed by atoms with E-state index in [4.69, 9.17) is 10.5 Å². The lowest BCUT2D eigenvalue weighted by molar-refractivity contribution is 0.306. The number of rotatable bonds is 7. The normalized spacial score (nSPS) is 18.5. The van der Waals surface area contributed by atoms with E-state index in [2.05, 4.69) is 46.7 Å². The monoisotopic (exact) mass is 345 g/mol. The van der Waals surface area contributed by atoms with Crippen molar-refractivity contribution in [1.29, 1.82) is 0 Å². The summed E-state index contributed by atoms with van der Waals surface area (Å²) in [6, 6.07) is 23.1. The second-order valence-electron chi connectivity index (χ2n) is 6.76. The van der Waals surface area contributed by atoms with Crippen LogP contribution >= 0.6 is 0 Å². The molecule has 132 valence electrons. The average Bonchev–Trinajstić information content (AvgIpc) is 3.47. The van der Waals surface area contributed by atoms with Gasteiger partial charge < -0.3 is 15.8 Å². The quantitative estimate of drug-likeness (QED) is 0.682. The summed E-state index contributed by atoms with van der Waals surface area (Å²) in [5, 5.41) is 3.59. The van der Waals surface area contributed by atoms with Crippen LogP contribution in [0.5, 0.6) is 5.75 Å². The molecule has 1 aromatic heterocycles. The summed E-state index contributed by atoms with van der Waals surface area (Å²) in [6.45, 7) is 1.43. The van der Waals surface area contributed by atoms with Gasteiger partial charge in [0.25, 0.3) is 0 Å². The summed E-state index contributed by atoms with van der Waals surface area (Å²) in [7, 11) is 0. The number of hydrogen-bond donors (Lipinski definition) is 2. The summed E-state index contributed by atoms with van der Waals surface area (Å²) in [5.74, 6) is 2.06. The largest absolute Gasteiger partial charge is 0.489 e. The van der Waals surface area contributed by atoms with Crippen molar-refractivity contribution in [3.05, 3.63) is 89.6 Å². The Morgan fingerprint density at radius 2 is 1.77 bits per heavy atom. The molecule has 1 aliphatic rings. The maximum Gasteiger partial charge on any atom is 0.123 e. The van der Waals surface area contributed by atoms with Gasteiger partial charge in [-0.25, -0.2) is 4.98 Å². The zero-order valence-corrected chi connectivity index (χ0v) is 14.6. The van der Waals surface area contributed by atoms with E-state index < -0.39 is 0 Å². The van der Waals surface area contributed by atoms with E-state index >= 15 is 0 Å². The number of aromatic nitrogens is 1. The van der Waals surface area contributed by atoms with Crippen molar-refractivity contribution < 1.29 is 4.74 Å². The van der Waals surface area contributed by atoms with E-state index in [9.17, 15) is 0 Å². The van der Waals surface area contributed by atoms with Crippen LogP contribution in [0.3, 0.4) is 0 Å². The molecule has 2 aromatic carbocycles. The third-order valence-corrected chi connectivity index (χ3v) is 4.76. The lowest BCUT2D eigenvalue weighted by Crippen LogP contribution is -2.17. The number of nitrogens with zero attached hydrogens (tertiary/aromatic N) is 1. The highest BCUT2D eigenvalue weighted by Gasteiger charge is 2.37. The summed E-state index contributed by atoms with van der Waals surface area (Å²) < 4.78 is 5.86. The number of benzene rings is 2. The highest BCUT2D eigenvalue weighted by Crippen LogP contribution is 2.41. The van der Waals surface area contributed by atoms with Crippen LogP contribution < -0.4 is 15.8 Å². The summed E-state index contributed by atoms with van der Waals surface area (Å²) >= 11 is 0. The van der Waals surface area contributed by atoms with Gasteiger partial charge in [0.1, 0.15) is 18.2 Å². The lowest BCUT2D eigenvalue weighted by atomic mass is 10.1. The molecule has 1 heterocycles. The second-order valence-corrected chi connectivity index (χ2v) is 6.76. The molecule has 26 heavy (non-hydrogen) atoms. The number of nitrogens with two attached hydrogens (primary N) is 1. The first kappa shape index (κ1) is 16.6. The molecule has 1 saturated carbocycles. The topological polar surface area (TPSA) is 60.2 Å². The molecule has 4 rings (SSSR count). The number of ether oxygens (including phenoxy) is 1. The first-order valence-electron chi connectivity index (χ1n) is 8.98. The Hall–Kier alpha value is -2.85. The summed E-state index contributed by atoms with van der Waals surface area (Å²) in [5.41, 5.74) is 9.33. The van der Waals surface area contributed by atoms with Crippen molar-refractivity contribution in [2.24, 2.45) is 0 Å². The number of pyridine rings is 1. The van der Waals surface area contributed by atoms with Crippen LogP contribution in [0.15, 0.2) is 72.9 Å². The van der Waals surface area contributed by atoms with E-state index in [-0.39, 0.29) is 0 Å². The molecule has 0 spiro atoms. The van der Waals surface area contributed by atoms with E-state index in [0.717, 1.165) is 17.9 Å². The molecule has 1 fully saturated rings. The highest BCUT2D eigenvalue weighted by molar-refractivity contribution is 5.34. The first-order chi connectivity index (χ1) is 12.8. The standard InChI is InChI=1S/C22H23N3O/c23-22-11-6-17(14-25-22)13-24-21-12-20(21)18-7-9-19(10-8-18)26-15-16-4-2-1-3-5-16/h1-11,14,20-21,24H,12-13,15H2,(H2,23,25)/t20-,21+/m1/s1. The molecule has 0 unspecified atom stereocenters. The Morgan fingerprint density at radius 1 is 0.962 bits per heavy atom. The Bertz CT molecular complexity index is 832. The maximum absolute atomic E-state index is 5.86. The summed E-state index contributed by atoms with van der Waals surface area (Å²) in [6.07, 6.45) is 3.01. The van der Waals surface area contributed by atoms with Gasteiger partial charge in [0.2, 0.25) is 0 Å². The van der Waals surface area contributed by atoms with Crippen LogP contribution in [-0.4, -0.2) is 11.0 Å². The van der Waals surface area contributed by atoms with Crippen LogP contribution in [0.25, 0.3) is 0 Å². The highest BCUT2D eigenvalue weighted by atomic mass is 16.5. The van der Waals surface area contributed by atoms with Gasteiger partial charge in [-0.2, -0.15) is 0 Å². The number of anilines is 1. The Labute approximate surface area is 154 Å². The Kier molecular flexibility index (Phi) is 4.84. The van der Waals surface area contributed by atoms with Crippen LogP contribution in [-0.2, 0) is 13.2 Å². The van der Waals surface area contributed by atoms with Crippen LogP contribution in [0, 0.1) is 0 Å². The fourth-order valence-electron chi connectivity index (χ4n) is 3.13. The molecule has 3 aromatic rings. The SMILES string of the molecule is Nc1ccc(CN[C@H]2C[C@@H]2c2ccc(OCc3ccccc3)cc2)cn1. The maximum atomic E-state index is 5.86. The molecule has 0 bridgehead atoms. The van der Waals surface area contributed by atoms with Crippen molar-refractivity contribution in [2.45, 2.75) is 31.5 Å². The third-order valence-electron chi connectivity index (χ3n) is 4.76. The van der Waals surface area contributed by atoms with Gasteiger partial charge in [-0.1, -0.05) is 48.5 Å². The van der Waals surface area contributed by atoms with Gasteiger partial charge in [0, 0.05) is 24.7 Å². The van der Waals surface area contributed by atoms with Crippen molar-refractivity contribution in [2.75, 3.05) is 5.73 Å². The molecular formula is C22H23N3O. The lowest BCUT2D eigenvalue weighted by Gasteiger charge is -2.08. The van der Waals surface area contributed by atoms with Gasteiger partial charge in [0.05, 0.1) is 0 Å². The fraction of sp³-hybridized carbons (Fsp3) is 0.227. The molecule has 1 aliphatic carbocycles. The minimum absolute atomic E-state index is 0.531. The third kappa shape index (κ3) is 4.21. The van der Waals surface area contributed by atoms with Crippen LogP contribution in [0.4, 0.5) is 5.82 Å². The summed E-state index contributed by atoms with van der Waals surface area (Å²) in [4.78, 5) is 4.13. The Morgan fingerprint density at radius 3 is 2.50 bits per heavy atom. The molecule has 4 heteroatoms. The van der Waals surface area contributed by atoms with Crippen molar-refractivity contribution in [3.8, 4) is 5.75 Å². The van der Waals surface area contributed by atoms with Gasteiger partial charge in [0.15, 0.2) is 0 Å². The van der Waals surface area contributed by atoms with Crippen molar-refractivity contribution in [3.63, 3.8) is 0 Å². The molecule has 0 amide bonds. The van der Waals surface area contributed by atoms with Gasteiger partial charge in [-0.3, -0.25) is 0 Å². The molecule has 2 atom stereocenters. The zero-order valence-electron chi connectivity index (χ0n) is 14.6. The second kappa shape index (κ2) is 7.58. The molecule has 0 saturated heterocycles. The zero-order chi connectivity index (χ0) is 17.8. The van der Waals surface area contributed by atoms with E-state index in [1.807, 2.05) is 36.5 Å². The minimum atomic E-state index is 0.531. The number of hydrogen-bond acceptors (Lipinski definition) is 4. The predicted octanol–water partition coefficient (Wildman–Crippen LogP) is 3.89. The molecular weight excluding hydrogens is 322 g/mol. The van der Waals surface area contributed by atoms with Gasteiger partial charge in [-0.05, 0) is 41.3 Å². The smallest absolute Gasteiger partial charge is 0.123 e. The van der Waals surface area contributed by atoms with Crippen molar-refractivity contribution >= 4 is 5.82 Å². The average molecular weight is 345 g/mol. The fourth-order valence-corrected chi connectivity index (χ4v) is 3.13. The van der Waals surface area contributed by atoms with Gasteiger partial charge in [-0.15, -0.1) is 0 Å². The molecule has 3 N–H and O–H groups in total. The molecule has 4 nitrogen and oxygen atoms in total. The van der Waals surface area contributed by atoms with E-state index in [1.165, 1.54) is 17.5 Å². The molecule has 0 aliphatic heterocycles. The van der Waals surface area contributed by atoms with E-state index in [0.29, 0.717) is 24.4 Å². The van der Waals surface area contributed by atoms with E-state index in [1.54, 1.807) is 0 Å². The van der Waals surface area contributed by atoms with Crippen molar-refractivity contribution in [1.82, 2.24) is 10.3 Å². The number of nitrogen functional groups attached to an aromatic ring is 1. The van der Waals surface area contributed by atoms with Gasteiger partial charge >= 0.3 is 0 Å². The predicted molar refractivity (Wildman–Crippen MR) is 104 cm³/mol. The van der Waals surface area contributed by atoms with Crippen LogP contribution in [0.1, 0.15) is 29.0 Å². The first-order valence-corrected chi connectivity index (χ1v) is 8.98.